The minimum atomic E-state index is -1.65. The van der Waals surface area contributed by atoms with Gasteiger partial charge in [-0.25, -0.2) is 0 Å². The summed E-state index contributed by atoms with van der Waals surface area (Å²) >= 11 is 0. The van der Waals surface area contributed by atoms with Crippen molar-refractivity contribution in [2.45, 2.75) is 116 Å². The molecule has 0 unspecified atom stereocenters. The first-order valence-corrected chi connectivity index (χ1v) is 15.8. The summed E-state index contributed by atoms with van der Waals surface area (Å²) < 4.78 is 0. The van der Waals surface area contributed by atoms with Crippen molar-refractivity contribution in [2.24, 2.45) is 0 Å². The van der Waals surface area contributed by atoms with Gasteiger partial charge in [0.25, 0.3) is 0 Å². The molecule has 0 spiro atoms. The van der Waals surface area contributed by atoms with Crippen molar-refractivity contribution in [1.29, 1.82) is 0 Å². The first-order chi connectivity index (χ1) is 15.1. The Morgan fingerprint density at radius 2 is 0.647 bits per heavy atom. The summed E-state index contributed by atoms with van der Waals surface area (Å²) in [7, 11) is -1.65. The van der Waals surface area contributed by atoms with E-state index >= 15 is 0 Å². The molecule has 3 rings (SSSR count). The van der Waals surface area contributed by atoms with Crippen molar-refractivity contribution < 1.29 is 40.4 Å². The second-order valence-corrected chi connectivity index (χ2v) is 15.4. The van der Waals surface area contributed by atoms with E-state index in [9.17, 15) is 0 Å². The molecule has 0 amide bonds. The zero-order valence-electron chi connectivity index (χ0n) is 24.8. The van der Waals surface area contributed by atoms with Gasteiger partial charge in [0.15, 0.2) is 0 Å². The zero-order chi connectivity index (χ0) is 25.6. The van der Waals surface area contributed by atoms with Crippen LogP contribution < -0.4 is 0 Å². The van der Waals surface area contributed by atoms with Crippen LogP contribution in [0.2, 0.25) is 13.1 Å². The molecule has 0 heterocycles. The molecule has 3 saturated carbocycles. The molecule has 0 nitrogen and oxygen atoms in total. The number of rotatable bonds is 4. The van der Waals surface area contributed by atoms with E-state index in [1.807, 2.05) is 0 Å². The smallest absolute Gasteiger partial charge is 0.0633 e. The van der Waals surface area contributed by atoms with Gasteiger partial charge in [-0.15, -0.1) is 0 Å². The Balaban J connectivity index is 0.000000380. The Hall–Kier alpha value is 1.55. The maximum atomic E-state index is 2.54. The maximum Gasteiger partial charge on any atom is 0.0633 e. The summed E-state index contributed by atoms with van der Waals surface area (Å²) in [4.78, 5) is 0. The molecule has 0 aliphatic heterocycles. The van der Waals surface area contributed by atoms with Gasteiger partial charge in [-0.2, -0.15) is 0 Å². The molecular formula is C32H49SiSm. The Labute approximate surface area is 250 Å². The summed E-state index contributed by atoms with van der Waals surface area (Å²) in [6.07, 6.45) is 2.50. The van der Waals surface area contributed by atoms with Gasteiger partial charge in [-0.05, 0) is 94.4 Å². The van der Waals surface area contributed by atoms with Gasteiger partial charge in [-0.3, -0.25) is 0 Å². The molecule has 3 aliphatic carbocycles. The Morgan fingerprint density at radius 1 is 0.412 bits per heavy atom. The minimum absolute atomic E-state index is 0. The van der Waals surface area contributed by atoms with Gasteiger partial charge in [0.1, 0.15) is 0 Å². The maximum absolute atomic E-state index is 2.54. The van der Waals surface area contributed by atoms with Crippen LogP contribution in [0.5, 0.6) is 0 Å². The molecule has 0 bridgehead atoms. The normalized spacial score (nSPS) is 27.3. The quantitative estimate of drug-likeness (QED) is 0.278. The average Bonchev–Trinajstić information content (AvgIpc) is 3.16. The van der Waals surface area contributed by atoms with Crippen molar-refractivity contribution in [2.75, 3.05) is 0 Å². The molecule has 0 N–H and O–H groups in total. The van der Waals surface area contributed by atoms with E-state index in [2.05, 4.69) is 103 Å². The van der Waals surface area contributed by atoms with Crippen molar-refractivity contribution in [3.8, 4) is 0 Å². The van der Waals surface area contributed by atoms with E-state index in [1.165, 1.54) is 83.9 Å². The predicted molar refractivity (Wildman–Crippen MR) is 149 cm³/mol. The van der Waals surface area contributed by atoms with Crippen LogP contribution in [0.15, 0.2) is 0 Å². The fraction of sp³-hybridized carbons (Fsp3) is 0.531. The summed E-state index contributed by atoms with van der Waals surface area (Å²) in [5.41, 5.74) is 3.35. The molecule has 3 aliphatic rings. The van der Waals surface area contributed by atoms with Gasteiger partial charge in [0.05, 0.1) is 8.07 Å². The Morgan fingerprint density at radius 3 is 0.882 bits per heavy atom. The summed E-state index contributed by atoms with van der Waals surface area (Å²) in [5, 5.41) is 0. The molecule has 0 aromatic heterocycles. The van der Waals surface area contributed by atoms with E-state index in [0.29, 0.717) is 0 Å². The van der Waals surface area contributed by atoms with Gasteiger partial charge in [-0.1, -0.05) is 110 Å². The van der Waals surface area contributed by atoms with Crippen LogP contribution >= 0.6 is 0 Å². The van der Waals surface area contributed by atoms with E-state index < -0.39 is 8.07 Å². The van der Waals surface area contributed by atoms with Crippen molar-refractivity contribution in [1.82, 2.24) is 0 Å². The van der Waals surface area contributed by atoms with Gasteiger partial charge in [0, 0.05) is 40.4 Å². The number of hydrogen-bond acceptors (Lipinski definition) is 0. The molecule has 3 fully saturated rings. The Bertz CT molecular complexity index is 540. The third-order valence-corrected chi connectivity index (χ3v) is 13.2. The van der Waals surface area contributed by atoms with Gasteiger partial charge < -0.3 is 0 Å². The van der Waals surface area contributed by atoms with Crippen LogP contribution in [0.1, 0.15) is 103 Å². The second kappa shape index (κ2) is 13.1. The molecule has 0 atom stereocenters. The predicted octanol–water partition coefficient (Wildman–Crippen LogP) is 9.46. The van der Waals surface area contributed by atoms with E-state index in [-0.39, 0.29) is 40.4 Å². The summed E-state index contributed by atoms with van der Waals surface area (Å²) in [5.74, 6) is 19.8. The van der Waals surface area contributed by atoms with Crippen LogP contribution in [0.4, 0.5) is 0 Å². The third-order valence-electron chi connectivity index (χ3n) is 9.22. The average molecular weight is 612 g/mol. The molecule has 0 aromatic rings. The SMILES string of the molecule is CCC[C]1[C](C)[C](C)[C](C)[C]1C.C[C]1[C](C)[C](C)[C]([Si](C)(C)[C]2[C](C)[C](C)[C](C)[C]2C)[C]1C.[Sm]. The first kappa shape index (κ1) is 33.6. The molecule has 34 heavy (non-hydrogen) atoms. The summed E-state index contributed by atoms with van der Waals surface area (Å²) in [6, 6.07) is 0. The molecule has 187 valence electrons. The molecule has 0 aromatic carbocycles. The van der Waals surface area contributed by atoms with E-state index in [4.69, 9.17) is 0 Å². The second-order valence-electron chi connectivity index (χ2n) is 11.1. The number of hydrogen-bond donors (Lipinski definition) is 0. The monoisotopic (exact) mass is 613 g/mol. The third kappa shape index (κ3) is 6.07. The van der Waals surface area contributed by atoms with Crippen molar-refractivity contribution in [3.63, 3.8) is 0 Å². The molecular weight excluding hydrogens is 563 g/mol. The minimum Gasteiger partial charge on any atom is -0.0684 e. The molecule has 2 heteroatoms. The fourth-order valence-corrected chi connectivity index (χ4v) is 11.1. The van der Waals surface area contributed by atoms with Crippen LogP contribution in [-0.2, 0) is 0 Å². The van der Waals surface area contributed by atoms with Gasteiger partial charge in [0.2, 0.25) is 0 Å². The first-order valence-electron chi connectivity index (χ1n) is 12.8. The van der Waals surface area contributed by atoms with Crippen LogP contribution in [-0.4, -0.2) is 8.07 Å². The van der Waals surface area contributed by atoms with Crippen LogP contribution in [0.3, 0.4) is 0 Å². The van der Waals surface area contributed by atoms with E-state index in [1.54, 1.807) is 17.0 Å². The topological polar surface area (TPSA) is 0 Å². The largest absolute Gasteiger partial charge is 0.0684 e. The van der Waals surface area contributed by atoms with Crippen molar-refractivity contribution in [3.05, 3.63) is 88.0 Å². The molecule has 15 radical (unpaired) electrons. The van der Waals surface area contributed by atoms with Crippen LogP contribution in [0.25, 0.3) is 0 Å². The van der Waals surface area contributed by atoms with E-state index in [0.717, 1.165) is 0 Å². The Kier molecular flexibility index (Phi) is 12.9. The van der Waals surface area contributed by atoms with Crippen molar-refractivity contribution >= 4 is 8.07 Å². The standard InChI is InChI=1S/C20H30Si.C12H19.Sm/c1-11-12(2)16(6)19(15(11)5)21(9,10)20-17(7)13(3)14(4)18(20)8;1-6-7-12-10(4)8(2)9(3)11(12)5;/h1-10H3;6-7H2,1-5H3;. The zero-order valence-corrected chi connectivity index (χ0v) is 28.4. The van der Waals surface area contributed by atoms with Crippen LogP contribution in [0, 0.1) is 128 Å². The fourth-order valence-electron chi connectivity index (χ4n) is 6.36. The summed E-state index contributed by atoms with van der Waals surface area (Å²) in [6.45, 7) is 34.7. The van der Waals surface area contributed by atoms with Gasteiger partial charge >= 0.3 is 0 Å². The molecule has 0 saturated heterocycles.